The SMILES string of the molecule is C[C@@H](O)[C@@H]1NC(=O)C2(CC2)NC(=O)[C@H](C2CCCCC2)NC(=O)Cc2cccc(c2)OCCn2cc(nn2)CNC(=O)[C@H](Cc2ccccc2)NC1=O. The van der Waals surface area contributed by atoms with Crippen LogP contribution in [0.3, 0.4) is 0 Å². The Morgan fingerprint density at radius 1 is 0.925 bits per heavy atom. The van der Waals surface area contributed by atoms with E-state index in [4.69, 9.17) is 4.74 Å². The average molecular weight is 729 g/mol. The summed E-state index contributed by atoms with van der Waals surface area (Å²) in [6, 6.07) is 13.0. The number of hydrogen-bond donors (Lipinski definition) is 6. The zero-order chi connectivity index (χ0) is 37.4. The lowest BCUT2D eigenvalue weighted by atomic mass is 9.83. The number of rotatable bonds is 4. The fourth-order valence-electron chi connectivity index (χ4n) is 6.96. The van der Waals surface area contributed by atoms with Crippen LogP contribution in [0.4, 0.5) is 0 Å². The average Bonchev–Trinajstić information content (AvgIpc) is 3.79. The quantitative estimate of drug-likeness (QED) is 0.225. The smallest absolute Gasteiger partial charge is 0.246 e. The molecule has 15 heteroatoms. The van der Waals surface area contributed by atoms with Gasteiger partial charge in [0.05, 0.1) is 31.8 Å². The predicted molar refractivity (Wildman–Crippen MR) is 192 cm³/mol. The van der Waals surface area contributed by atoms with Crippen molar-refractivity contribution in [1.29, 1.82) is 0 Å². The monoisotopic (exact) mass is 728 g/mol. The number of aliphatic hydroxyl groups is 1. The summed E-state index contributed by atoms with van der Waals surface area (Å²) in [7, 11) is 0. The summed E-state index contributed by atoms with van der Waals surface area (Å²) in [6.45, 7) is 2.03. The minimum atomic E-state index is -1.43. The number of fused-ring (bicyclic) bond motifs is 4. The van der Waals surface area contributed by atoms with Crippen molar-refractivity contribution in [3.05, 3.63) is 77.6 Å². The number of carbonyl (C=O) groups is 5. The van der Waals surface area contributed by atoms with E-state index < -0.39 is 53.4 Å². The Kier molecular flexibility index (Phi) is 12.0. The molecule has 5 amide bonds. The molecule has 1 aliphatic heterocycles. The van der Waals surface area contributed by atoms with Crippen LogP contribution in [0.5, 0.6) is 5.75 Å². The van der Waals surface area contributed by atoms with Gasteiger partial charge in [-0.3, -0.25) is 24.0 Å². The number of hydrogen-bond acceptors (Lipinski definition) is 9. The van der Waals surface area contributed by atoms with Gasteiger partial charge in [0.2, 0.25) is 29.5 Å². The molecule has 53 heavy (non-hydrogen) atoms. The van der Waals surface area contributed by atoms with Crippen molar-refractivity contribution in [2.45, 2.75) is 108 Å². The van der Waals surface area contributed by atoms with Crippen molar-refractivity contribution in [3.8, 4) is 5.75 Å². The summed E-state index contributed by atoms with van der Waals surface area (Å²) in [4.78, 5) is 68.4. The van der Waals surface area contributed by atoms with Crippen LogP contribution in [0.2, 0.25) is 0 Å². The number of carbonyl (C=O) groups excluding carboxylic acids is 5. The van der Waals surface area contributed by atoms with Gasteiger partial charge in [0.1, 0.15) is 41.7 Å². The Morgan fingerprint density at radius 2 is 1.70 bits per heavy atom. The van der Waals surface area contributed by atoms with E-state index in [0.29, 0.717) is 36.4 Å². The van der Waals surface area contributed by atoms with Gasteiger partial charge in [0.15, 0.2) is 0 Å². The highest BCUT2D eigenvalue weighted by Crippen LogP contribution is 2.37. The van der Waals surface area contributed by atoms with Crippen LogP contribution in [0, 0.1) is 5.92 Å². The van der Waals surface area contributed by atoms with E-state index >= 15 is 0 Å². The van der Waals surface area contributed by atoms with E-state index in [2.05, 4.69) is 36.9 Å². The molecule has 2 aromatic carbocycles. The topological polar surface area (TPSA) is 206 Å². The third kappa shape index (κ3) is 9.97. The van der Waals surface area contributed by atoms with Crippen LogP contribution in [-0.4, -0.2) is 86.0 Å². The second kappa shape index (κ2) is 17.0. The zero-order valence-corrected chi connectivity index (χ0v) is 29.9. The molecule has 0 unspecified atom stereocenters. The molecule has 15 nitrogen and oxygen atoms in total. The first kappa shape index (κ1) is 37.4. The second-order valence-electron chi connectivity index (χ2n) is 14.3. The Hall–Kier alpha value is -5.31. The maximum absolute atomic E-state index is 13.9. The largest absolute Gasteiger partial charge is 0.492 e. The van der Waals surface area contributed by atoms with Gasteiger partial charge in [0, 0.05) is 6.42 Å². The number of aromatic nitrogens is 3. The number of amides is 5. The zero-order valence-electron chi connectivity index (χ0n) is 29.9. The molecule has 0 radical (unpaired) electrons. The Morgan fingerprint density at radius 3 is 2.43 bits per heavy atom. The van der Waals surface area contributed by atoms with Gasteiger partial charge in [-0.15, -0.1) is 5.10 Å². The highest BCUT2D eigenvalue weighted by atomic mass is 16.5. The minimum Gasteiger partial charge on any atom is -0.492 e. The van der Waals surface area contributed by atoms with E-state index in [-0.39, 0.29) is 37.8 Å². The molecule has 2 fully saturated rings. The molecule has 1 spiro atoms. The summed E-state index contributed by atoms with van der Waals surface area (Å²) in [6.07, 6.45) is 5.58. The van der Waals surface area contributed by atoms with Crippen molar-refractivity contribution in [2.24, 2.45) is 5.92 Å². The molecule has 3 aliphatic rings. The van der Waals surface area contributed by atoms with Crippen molar-refractivity contribution >= 4 is 29.5 Å². The molecule has 6 N–H and O–H groups in total. The van der Waals surface area contributed by atoms with Gasteiger partial charge in [-0.25, -0.2) is 4.68 Å². The number of ether oxygens (including phenoxy) is 1. The lowest BCUT2D eigenvalue weighted by Gasteiger charge is -2.32. The van der Waals surface area contributed by atoms with Gasteiger partial charge in [0.25, 0.3) is 0 Å². The lowest BCUT2D eigenvalue weighted by molar-refractivity contribution is -0.137. The molecule has 2 saturated carbocycles. The van der Waals surface area contributed by atoms with E-state index in [1.54, 1.807) is 29.1 Å². The molecule has 282 valence electrons. The Bertz CT molecular complexity index is 1770. The first-order valence-electron chi connectivity index (χ1n) is 18.4. The molecule has 1 aromatic heterocycles. The first-order chi connectivity index (χ1) is 25.6. The number of nitrogens with one attached hydrogen (secondary N) is 5. The number of nitrogens with zero attached hydrogens (tertiary/aromatic N) is 3. The fourth-order valence-corrected chi connectivity index (χ4v) is 6.96. The highest BCUT2D eigenvalue weighted by Gasteiger charge is 2.53. The minimum absolute atomic E-state index is 0.0218. The van der Waals surface area contributed by atoms with Crippen LogP contribution >= 0.6 is 0 Å². The van der Waals surface area contributed by atoms with E-state index in [1.807, 2.05) is 36.4 Å². The van der Waals surface area contributed by atoms with Gasteiger partial charge in [-0.2, -0.15) is 0 Å². The molecule has 6 rings (SSSR count). The maximum atomic E-state index is 13.9. The van der Waals surface area contributed by atoms with Gasteiger partial charge in [-0.1, -0.05) is 66.9 Å². The van der Waals surface area contributed by atoms with Crippen molar-refractivity contribution in [3.63, 3.8) is 0 Å². The number of aliphatic hydroxyl groups excluding tert-OH is 1. The molecular formula is C38H48N8O7. The summed E-state index contributed by atoms with van der Waals surface area (Å²) in [5.74, 6) is -2.23. The normalized spacial score (nSPS) is 24.2. The Balaban J connectivity index is 1.26. The van der Waals surface area contributed by atoms with Crippen molar-refractivity contribution in [1.82, 2.24) is 41.6 Å². The predicted octanol–water partition coefficient (Wildman–Crippen LogP) is 0.836. The van der Waals surface area contributed by atoms with Crippen LogP contribution in [0.25, 0.3) is 0 Å². The molecule has 0 saturated heterocycles. The Labute approximate surface area is 308 Å². The molecule has 2 aliphatic carbocycles. The highest BCUT2D eigenvalue weighted by molar-refractivity contribution is 5.99. The fraction of sp³-hybridized carbons (Fsp3) is 0.500. The molecule has 4 atom stereocenters. The summed E-state index contributed by atoms with van der Waals surface area (Å²) in [5, 5.41) is 33.0. The molecule has 2 heterocycles. The van der Waals surface area contributed by atoms with Gasteiger partial charge in [-0.05, 0) is 61.8 Å². The summed E-state index contributed by atoms with van der Waals surface area (Å²) >= 11 is 0. The van der Waals surface area contributed by atoms with E-state index in [9.17, 15) is 29.1 Å². The summed E-state index contributed by atoms with van der Waals surface area (Å²) in [5.41, 5.74) is 0.667. The van der Waals surface area contributed by atoms with Crippen LogP contribution in [-0.2, 0) is 49.9 Å². The standard InChI is InChI=1S/C38H48N8O7/c1-24(47)32-35(50)40-30(20-25-9-4-2-5-10-25)34(49)39-22-28-23-46(45-44-28)17-18-53-29-14-8-11-26(19-29)21-31(48)41-33(27-12-6-3-7-13-27)36(51)43-38(15-16-38)37(52)42-32/h2,4-5,8-11,14,19,23-24,27,30,32-33,47H,3,6-7,12-13,15-18,20-22H2,1H3,(H,39,49)(H,40,50)(H,41,48)(H,42,52)(H,43,51)/t24-,30+,32+,33+/m1/s1. The van der Waals surface area contributed by atoms with Crippen molar-refractivity contribution in [2.75, 3.05) is 6.61 Å². The first-order valence-corrected chi connectivity index (χ1v) is 18.4. The molecule has 3 aromatic rings. The molecular weight excluding hydrogens is 680 g/mol. The third-order valence-electron chi connectivity index (χ3n) is 10.1. The van der Waals surface area contributed by atoms with E-state index in [0.717, 1.165) is 37.7 Å². The number of benzene rings is 2. The molecule has 4 bridgehead atoms. The van der Waals surface area contributed by atoms with E-state index in [1.165, 1.54) is 6.92 Å². The van der Waals surface area contributed by atoms with Crippen molar-refractivity contribution < 1.29 is 33.8 Å². The second-order valence-corrected chi connectivity index (χ2v) is 14.3. The summed E-state index contributed by atoms with van der Waals surface area (Å²) < 4.78 is 7.53. The lowest BCUT2D eigenvalue weighted by Crippen LogP contribution is -2.62. The van der Waals surface area contributed by atoms with Crippen LogP contribution in [0.15, 0.2) is 60.8 Å². The van der Waals surface area contributed by atoms with Crippen LogP contribution < -0.4 is 31.3 Å². The van der Waals surface area contributed by atoms with Gasteiger partial charge >= 0.3 is 0 Å². The third-order valence-corrected chi connectivity index (χ3v) is 10.1. The van der Waals surface area contributed by atoms with Crippen LogP contribution in [0.1, 0.15) is 68.7 Å². The maximum Gasteiger partial charge on any atom is 0.246 e. The van der Waals surface area contributed by atoms with Gasteiger partial charge < -0.3 is 36.4 Å².